The first kappa shape index (κ1) is 80.7. The molecule has 0 saturated carbocycles. The lowest BCUT2D eigenvalue weighted by Crippen LogP contribution is -2.66. The van der Waals surface area contributed by atoms with Crippen molar-refractivity contribution < 1.29 is 89.4 Å². The molecule has 0 aliphatic carbocycles. The van der Waals surface area contributed by atoms with Crippen molar-refractivity contribution in [1.29, 1.82) is 0 Å². The summed E-state index contributed by atoms with van der Waals surface area (Å²) in [6.07, 6.45) is 42.2. The predicted octanol–water partition coefficient (Wildman–Crippen LogP) is 8.66. The molecule has 12 N–H and O–H groups in total. The Bertz CT molecular complexity index is 2060. The predicted molar refractivity (Wildman–Crippen MR) is 350 cm³/mol. The van der Waals surface area contributed by atoms with Crippen molar-refractivity contribution in [2.24, 2.45) is 0 Å². The molecule has 19 heteroatoms. The van der Waals surface area contributed by atoms with Crippen molar-refractivity contribution in [2.45, 2.75) is 304 Å². The van der Waals surface area contributed by atoms with Crippen molar-refractivity contribution in [3.63, 3.8) is 0 Å². The van der Waals surface area contributed by atoms with E-state index in [1.807, 2.05) is 6.08 Å². The van der Waals surface area contributed by atoms with Gasteiger partial charge in [-0.15, -0.1) is 0 Å². The standard InChI is InChI=1S/C71H119NO18/c1-3-5-7-9-11-13-15-17-18-19-20-21-22-23-24-25-26-27-28-29-30-31-32-33-34-35-36-37-39-41-43-45-47-49-59(77)72-54(55(76)48-46-44-42-40-38-16-14-12-10-8-6-4-2)53-85-69-65(83)62(80)67(57(51-74)87-69)90-71-66(84)63(81)68(58(52-75)88-71)89-70-64(82)61(79)60(78)56(50-73)86-70/h5,7,11,13,17-18,20-21,23-24,26-27,29-30,38,40,46,48,54-58,60-71,73-76,78-84H,3-4,6,8-10,12,14-16,19,22,25,28,31-37,39,41-45,47,49-53H2,1-2H3,(H,72,77)/b7-5-,13-11-,18-17-,21-20-,24-23-,27-26-,30-29-,40-38+,48-46+. The second-order valence-electron chi connectivity index (χ2n) is 23.9. The minimum Gasteiger partial charge on any atom is -0.394 e. The van der Waals surface area contributed by atoms with Gasteiger partial charge in [0.1, 0.15) is 73.2 Å². The van der Waals surface area contributed by atoms with E-state index in [1.54, 1.807) is 6.08 Å². The zero-order valence-electron chi connectivity index (χ0n) is 54.3. The molecule has 3 heterocycles. The number of rotatable bonds is 50. The molecule has 3 fully saturated rings. The minimum atomic E-state index is -1.98. The van der Waals surface area contributed by atoms with Gasteiger partial charge >= 0.3 is 0 Å². The van der Waals surface area contributed by atoms with Crippen molar-refractivity contribution in [2.75, 3.05) is 26.4 Å². The van der Waals surface area contributed by atoms with Crippen LogP contribution in [0.25, 0.3) is 0 Å². The van der Waals surface area contributed by atoms with Crippen LogP contribution >= 0.6 is 0 Å². The Hall–Kier alpha value is -3.55. The second-order valence-corrected chi connectivity index (χ2v) is 23.9. The van der Waals surface area contributed by atoms with Gasteiger partial charge in [-0.25, -0.2) is 0 Å². The quantitative estimate of drug-likeness (QED) is 0.0200. The zero-order valence-corrected chi connectivity index (χ0v) is 54.3. The number of aliphatic hydroxyl groups is 11. The highest BCUT2D eigenvalue weighted by Gasteiger charge is 2.53. The van der Waals surface area contributed by atoms with E-state index in [1.165, 1.54) is 70.6 Å². The molecule has 0 aromatic carbocycles. The first-order valence-corrected chi connectivity index (χ1v) is 34.1. The van der Waals surface area contributed by atoms with Gasteiger partial charge in [0.05, 0.1) is 38.6 Å². The first-order chi connectivity index (χ1) is 43.8. The summed E-state index contributed by atoms with van der Waals surface area (Å²) in [5, 5.41) is 120. The van der Waals surface area contributed by atoms with Crippen LogP contribution in [0.5, 0.6) is 0 Å². The van der Waals surface area contributed by atoms with Crippen molar-refractivity contribution in [3.8, 4) is 0 Å². The topological polar surface area (TPSA) is 307 Å². The van der Waals surface area contributed by atoms with E-state index in [4.69, 9.17) is 28.4 Å². The summed E-state index contributed by atoms with van der Waals surface area (Å²) in [6.45, 7) is 1.55. The lowest BCUT2D eigenvalue weighted by atomic mass is 9.96. The van der Waals surface area contributed by atoms with E-state index in [-0.39, 0.29) is 18.9 Å². The average Bonchev–Trinajstić information content (AvgIpc) is 0.864. The highest BCUT2D eigenvalue weighted by atomic mass is 16.8. The SMILES string of the molecule is CC/C=C\C/C=C\C/C=C\C/C=C\C/C=C\C/C=C\C/C=C\CCCCCCCCCCCCCC(=O)NC(COC1OC(CO)C(OC2OC(CO)C(OC3OC(CO)C(O)C(O)C3O)C(O)C2O)C(O)C1O)C(O)/C=C/CC/C=C/CCCCCCCC. The van der Waals surface area contributed by atoms with Gasteiger partial charge in [0.25, 0.3) is 0 Å². The van der Waals surface area contributed by atoms with Crippen LogP contribution in [0.3, 0.4) is 0 Å². The number of aliphatic hydroxyl groups excluding tert-OH is 11. The Morgan fingerprint density at radius 3 is 1.24 bits per heavy atom. The van der Waals surface area contributed by atoms with E-state index < -0.39 is 124 Å². The third-order valence-corrected chi connectivity index (χ3v) is 16.3. The lowest BCUT2D eigenvalue weighted by Gasteiger charge is -2.48. The van der Waals surface area contributed by atoms with E-state index in [0.29, 0.717) is 12.8 Å². The van der Waals surface area contributed by atoms with Gasteiger partial charge in [0.2, 0.25) is 5.91 Å². The Kier molecular flexibility index (Phi) is 46.5. The summed E-state index contributed by atoms with van der Waals surface area (Å²) in [7, 11) is 0. The summed E-state index contributed by atoms with van der Waals surface area (Å²) < 4.78 is 34.3. The molecule has 17 unspecified atom stereocenters. The summed E-state index contributed by atoms with van der Waals surface area (Å²) >= 11 is 0. The monoisotopic (exact) mass is 1270 g/mol. The van der Waals surface area contributed by atoms with Crippen LogP contribution in [0, 0.1) is 0 Å². The third kappa shape index (κ3) is 33.5. The first-order valence-electron chi connectivity index (χ1n) is 34.1. The summed E-state index contributed by atoms with van der Waals surface area (Å²) in [6, 6.07) is -0.997. The maximum Gasteiger partial charge on any atom is 0.220 e. The molecule has 516 valence electrons. The van der Waals surface area contributed by atoms with Crippen LogP contribution in [-0.2, 0) is 33.2 Å². The summed E-state index contributed by atoms with van der Waals surface area (Å²) in [5.74, 6) is -0.295. The number of ether oxygens (including phenoxy) is 6. The number of carbonyl (C=O) groups excluding carboxylic acids is 1. The molecule has 3 rings (SSSR count). The Balaban J connectivity index is 1.38. The molecule has 3 aliphatic heterocycles. The normalized spacial score (nSPS) is 28.7. The minimum absolute atomic E-state index is 0.225. The maximum atomic E-state index is 13.4. The highest BCUT2D eigenvalue weighted by Crippen LogP contribution is 2.33. The van der Waals surface area contributed by atoms with E-state index in [9.17, 15) is 61.0 Å². The molecule has 3 aliphatic rings. The van der Waals surface area contributed by atoms with Gasteiger partial charge in [0.15, 0.2) is 18.9 Å². The molecule has 19 nitrogen and oxygen atoms in total. The van der Waals surface area contributed by atoms with Gasteiger partial charge in [-0.3, -0.25) is 4.79 Å². The molecule has 0 bridgehead atoms. The van der Waals surface area contributed by atoms with Gasteiger partial charge in [-0.2, -0.15) is 0 Å². The molecular weight excluding hydrogens is 1150 g/mol. The Labute approximate surface area is 538 Å². The Morgan fingerprint density at radius 1 is 0.411 bits per heavy atom. The number of hydrogen-bond donors (Lipinski definition) is 12. The number of unbranched alkanes of at least 4 members (excludes halogenated alkanes) is 18. The molecule has 0 spiro atoms. The van der Waals surface area contributed by atoms with Gasteiger partial charge in [0, 0.05) is 6.42 Å². The maximum absolute atomic E-state index is 13.4. The highest BCUT2D eigenvalue weighted by molar-refractivity contribution is 5.76. The van der Waals surface area contributed by atoms with E-state index >= 15 is 0 Å². The smallest absolute Gasteiger partial charge is 0.220 e. The summed E-state index contributed by atoms with van der Waals surface area (Å²) in [5.41, 5.74) is 0. The molecule has 0 aromatic heterocycles. The van der Waals surface area contributed by atoms with E-state index in [0.717, 1.165) is 96.3 Å². The molecular formula is C71H119NO18. The molecule has 90 heavy (non-hydrogen) atoms. The largest absolute Gasteiger partial charge is 0.394 e. The fraction of sp³-hybridized carbons (Fsp3) is 0.732. The van der Waals surface area contributed by atoms with Crippen LogP contribution in [0.15, 0.2) is 109 Å². The van der Waals surface area contributed by atoms with Gasteiger partial charge in [-0.05, 0) is 89.9 Å². The van der Waals surface area contributed by atoms with Crippen LogP contribution in [0.2, 0.25) is 0 Å². The van der Waals surface area contributed by atoms with Crippen LogP contribution < -0.4 is 5.32 Å². The van der Waals surface area contributed by atoms with Gasteiger partial charge < -0.3 is 89.9 Å². The Morgan fingerprint density at radius 2 is 0.778 bits per heavy atom. The molecule has 17 atom stereocenters. The fourth-order valence-corrected chi connectivity index (χ4v) is 10.8. The zero-order chi connectivity index (χ0) is 65.4. The lowest BCUT2D eigenvalue weighted by molar-refractivity contribution is -0.379. The van der Waals surface area contributed by atoms with E-state index in [2.05, 4.69) is 116 Å². The van der Waals surface area contributed by atoms with Crippen molar-refractivity contribution in [3.05, 3.63) is 109 Å². The molecule has 0 radical (unpaired) electrons. The van der Waals surface area contributed by atoms with Crippen molar-refractivity contribution in [1.82, 2.24) is 5.32 Å². The number of hydrogen-bond acceptors (Lipinski definition) is 18. The average molecular weight is 1270 g/mol. The third-order valence-electron chi connectivity index (χ3n) is 16.3. The number of allylic oxidation sites excluding steroid dienone is 17. The van der Waals surface area contributed by atoms with Crippen LogP contribution in [0.4, 0.5) is 0 Å². The number of nitrogens with one attached hydrogen (secondary N) is 1. The summed E-state index contributed by atoms with van der Waals surface area (Å²) in [4.78, 5) is 13.4. The molecule has 1 amide bonds. The van der Waals surface area contributed by atoms with Gasteiger partial charge in [-0.1, -0.05) is 213 Å². The number of carbonyl (C=O) groups is 1. The fourth-order valence-electron chi connectivity index (χ4n) is 10.8. The van der Waals surface area contributed by atoms with Crippen LogP contribution in [0.1, 0.15) is 200 Å². The van der Waals surface area contributed by atoms with Crippen molar-refractivity contribution >= 4 is 5.91 Å². The number of amides is 1. The second kappa shape index (κ2) is 51.8. The van der Waals surface area contributed by atoms with Crippen LogP contribution in [-0.4, -0.2) is 193 Å². The molecule has 3 saturated heterocycles. The molecule has 0 aromatic rings.